The van der Waals surface area contributed by atoms with Gasteiger partial charge in [-0.2, -0.15) is 0 Å². The molecule has 1 saturated heterocycles. The third kappa shape index (κ3) is 4.49. The van der Waals surface area contributed by atoms with Crippen LogP contribution in [0.3, 0.4) is 0 Å². The molecule has 1 aromatic carbocycles. The van der Waals surface area contributed by atoms with Crippen LogP contribution in [0.15, 0.2) is 30.3 Å². The van der Waals surface area contributed by atoms with Crippen molar-refractivity contribution in [3.05, 3.63) is 35.9 Å². The highest BCUT2D eigenvalue weighted by Crippen LogP contribution is 2.32. The first-order valence-corrected chi connectivity index (χ1v) is 7.19. The van der Waals surface area contributed by atoms with Crippen molar-refractivity contribution in [2.75, 3.05) is 27.4 Å². The van der Waals surface area contributed by atoms with Gasteiger partial charge >= 0.3 is 0 Å². The number of ether oxygens (including phenoxy) is 4. The summed E-state index contributed by atoms with van der Waals surface area (Å²) in [6.45, 7) is 0.932. The number of hydrogen-bond acceptors (Lipinski definition) is 5. The highest BCUT2D eigenvalue weighted by Gasteiger charge is 2.41. The molecule has 1 fully saturated rings. The lowest BCUT2D eigenvalue weighted by Gasteiger charge is -2.42. The molecule has 0 unspecified atom stereocenters. The fourth-order valence-corrected chi connectivity index (χ4v) is 2.65. The zero-order chi connectivity index (χ0) is 15.1. The average Bonchev–Trinajstić information content (AvgIpc) is 2.55. The van der Waals surface area contributed by atoms with Gasteiger partial charge in [0.1, 0.15) is 0 Å². The van der Waals surface area contributed by atoms with Crippen molar-refractivity contribution in [1.82, 2.24) is 0 Å². The first kappa shape index (κ1) is 16.4. The van der Waals surface area contributed by atoms with Crippen molar-refractivity contribution in [1.29, 1.82) is 0 Å². The van der Waals surface area contributed by atoms with Crippen LogP contribution in [0.4, 0.5) is 0 Å². The Balaban J connectivity index is 1.86. The Hall–Kier alpha value is -0.980. The van der Waals surface area contributed by atoms with Gasteiger partial charge in [-0.05, 0) is 5.56 Å². The van der Waals surface area contributed by atoms with E-state index in [0.29, 0.717) is 26.1 Å². The van der Waals surface area contributed by atoms with Crippen molar-refractivity contribution >= 4 is 0 Å². The highest BCUT2D eigenvalue weighted by molar-refractivity contribution is 5.13. The summed E-state index contributed by atoms with van der Waals surface area (Å²) in [7, 11) is 3.23. The molecular formula is C16H24O5. The number of rotatable bonds is 7. The Labute approximate surface area is 125 Å². The predicted molar refractivity (Wildman–Crippen MR) is 77.8 cm³/mol. The molecule has 0 bridgehead atoms. The van der Waals surface area contributed by atoms with E-state index >= 15 is 0 Å². The van der Waals surface area contributed by atoms with E-state index in [1.807, 2.05) is 30.3 Å². The quantitative estimate of drug-likeness (QED) is 0.777. The molecule has 0 spiro atoms. The highest BCUT2D eigenvalue weighted by atomic mass is 16.7. The van der Waals surface area contributed by atoms with Crippen molar-refractivity contribution in [2.24, 2.45) is 0 Å². The van der Waals surface area contributed by atoms with Crippen molar-refractivity contribution in [3.8, 4) is 0 Å². The minimum absolute atomic E-state index is 0.0519. The SMILES string of the molecule is COC1(OC)C[C@@H](CO)O[C@@H](COCc2ccccc2)C1. The molecular weight excluding hydrogens is 272 g/mol. The number of benzene rings is 1. The van der Waals surface area contributed by atoms with E-state index < -0.39 is 5.79 Å². The fraction of sp³-hybridized carbons (Fsp3) is 0.625. The molecule has 0 aromatic heterocycles. The lowest BCUT2D eigenvalue weighted by Crippen LogP contribution is -2.50. The van der Waals surface area contributed by atoms with Crippen LogP contribution >= 0.6 is 0 Å². The fourth-order valence-electron chi connectivity index (χ4n) is 2.65. The van der Waals surface area contributed by atoms with E-state index in [2.05, 4.69) is 0 Å². The van der Waals surface area contributed by atoms with E-state index in [4.69, 9.17) is 18.9 Å². The van der Waals surface area contributed by atoms with Crippen LogP contribution in [0.25, 0.3) is 0 Å². The molecule has 0 aliphatic carbocycles. The summed E-state index contributed by atoms with van der Waals surface area (Å²) in [6.07, 6.45) is 0.667. The standard InChI is InChI=1S/C16H24O5/c1-18-16(19-2)8-14(10-17)21-15(9-16)12-20-11-13-6-4-3-5-7-13/h3-7,14-15,17H,8-12H2,1-2H3/t14-,15+/m0/s1. The van der Waals surface area contributed by atoms with Gasteiger partial charge in [-0.3, -0.25) is 0 Å². The van der Waals surface area contributed by atoms with Crippen LogP contribution in [0, 0.1) is 0 Å². The average molecular weight is 296 g/mol. The second kappa shape index (κ2) is 7.87. The van der Waals surface area contributed by atoms with Gasteiger partial charge in [-0.25, -0.2) is 0 Å². The third-order valence-corrected chi connectivity index (χ3v) is 3.83. The van der Waals surface area contributed by atoms with E-state index in [1.54, 1.807) is 14.2 Å². The Morgan fingerprint density at radius 2 is 1.81 bits per heavy atom. The summed E-state index contributed by atoms with van der Waals surface area (Å²) in [6, 6.07) is 9.99. The van der Waals surface area contributed by atoms with Gasteiger partial charge in [0.05, 0.1) is 32.0 Å². The summed E-state index contributed by atoms with van der Waals surface area (Å²) >= 11 is 0. The molecule has 5 heteroatoms. The molecule has 0 amide bonds. The van der Waals surface area contributed by atoms with Gasteiger partial charge < -0.3 is 24.1 Å². The van der Waals surface area contributed by atoms with E-state index in [0.717, 1.165) is 5.56 Å². The largest absolute Gasteiger partial charge is 0.394 e. The lowest BCUT2D eigenvalue weighted by molar-refractivity contribution is -0.280. The minimum atomic E-state index is -0.702. The molecule has 1 aromatic rings. The molecule has 1 heterocycles. The number of aliphatic hydroxyl groups is 1. The first-order valence-electron chi connectivity index (χ1n) is 7.19. The van der Waals surface area contributed by atoms with Gasteiger partial charge in [0.15, 0.2) is 5.79 Å². The zero-order valence-electron chi connectivity index (χ0n) is 12.7. The predicted octanol–water partition coefficient (Wildman–Crippen LogP) is 1.73. The lowest BCUT2D eigenvalue weighted by atomic mass is 9.97. The smallest absolute Gasteiger partial charge is 0.172 e. The minimum Gasteiger partial charge on any atom is -0.394 e. The summed E-state index contributed by atoms with van der Waals surface area (Å²) < 4.78 is 22.5. The van der Waals surface area contributed by atoms with Crippen molar-refractivity contribution < 1.29 is 24.1 Å². The molecule has 0 saturated carbocycles. The van der Waals surface area contributed by atoms with Crippen LogP contribution in [-0.2, 0) is 25.6 Å². The molecule has 21 heavy (non-hydrogen) atoms. The van der Waals surface area contributed by atoms with E-state index in [1.165, 1.54) is 0 Å². The normalized spacial score (nSPS) is 24.9. The molecule has 1 N–H and O–H groups in total. The second-order valence-electron chi connectivity index (χ2n) is 5.29. The first-order chi connectivity index (χ1) is 10.2. The van der Waals surface area contributed by atoms with Crippen molar-refractivity contribution in [2.45, 2.75) is 37.4 Å². The number of hydrogen-bond donors (Lipinski definition) is 1. The summed E-state index contributed by atoms with van der Waals surface area (Å²) in [5.74, 6) is -0.702. The van der Waals surface area contributed by atoms with Crippen LogP contribution in [0.5, 0.6) is 0 Å². The van der Waals surface area contributed by atoms with Crippen LogP contribution in [0.2, 0.25) is 0 Å². The molecule has 118 valence electrons. The van der Waals surface area contributed by atoms with Gasteiger partial charge in [-0.15, -0.1) is 0 Å². The summed E-state index contributed by atoms with van der Waals surface area (Å²) in [5, 5.41) is 9.36. The zero-order valence-corrected chi connectivity index (χ0v) is 12.7. The molecule has 1 aliphatic heterocycles. The van der Waals surface area contributed by atoms with Gasteiger partial charge in [0.25, 0.3) is 0 Å². The van der Waals surface area contributed by atoms with Crippen LogP contribution in [0.1, 0.15) is 18.4 Å². The Morgan fingerprint density at radius 3 is 2.43 bits per heavy atom. The van der Waals surface area contributed by atoms with E-state index in [-0.39, 0.29) is 18.8 Å². The van der Waals surface area contributed by atoms with E-state index in [9.17, 15) is 5.11 Å². The van der Waals surface area contributed by atoms with Crippen molar-refractivity contribution in [3.63, 3.8) is 0 Å². The topological polar surface area (TPSA) is 57.2 Å². The number of methoxy groups -OCH3 is 2. The van der Waals surface area contributed by atoms with Gasteiger partial charge in [-0.1, -0.05) is 30.3 Å². The molecule has 2 atom stereocenters. The third-order valence-electron chi connectivity index (χ3n) is 3.83. The maximum atomic E-state index is 9.36. The molecule has 0 radical (unpaired) electrons. The van der Waals surface area contributed by atoms with Gasteiger partial charge in [0, 0.05) is 27.1 Å². The molecule has 5 nitrogen and oxygen atoms in total. The maximum absolute atomic E-state index is 9.36. The maximum Gasteiger partial charge on any atom is 0.172 e. The summed E-state index contributed by atoms with van der Waals surface area (Å²) in [4.78, 5) is 0. The molecule has 1 aliphatic rings. The van der Waals surface area contributed by atoms with Gasteiger partial charge in [0.2, 0.25) is 0 Å². The Kier molecular flexibility index (Phi) is 6.14. The molecule has 2 rings (SSSR count). The number of aliphatic hydroxyl groups excluding tert-OH is 1. The van der Waals surface area contributed by atoms with Crippen LogP contribution < -0.4 is 0 Å². The summed E-state index contributed by atoms with van der Waals surface area (Å²) in [5.41, 5.74) is 1.12. The monoisotopic (exact) mass is 296 g/mol. The Bertz CT molecular complexity index is 404. The van der Waals surface area contributed by atoms with Crippen LogP contribution in [-0.4, -0.2) is 50.5 Å². The Morgan fingerprint density at radius 1 is 1.14 bits per heavy atom. The second-order valence-corrected chi connectivity index (χ2v) is 5.29.